The molecule has 0 rings (SSSR count). The largest absolute Gasteiger partial charge is 2.00 e. The second-order valence-corrected chi connectivity index (χ2v) is 2.99. The fourth-order valence-electron chi connectivity index (χ4n) is 0. The van der Waals surface area contributed by atoms with Gasteiger partial charge in [0.15, 0.2) is 0 Å². The van der Waals surface area contributed by atoms with Crippen LogP contribution in [-0.2, 0) is 40.1 Å². The van der Waals surface area contributed by atoms with Gasteiger partial charge in [0, 0.05) is 10.4 Å². The van der Waals surface area contributed by atoms with Crippen molar-refractivity contribution in [3.8, 4) is 0 Å². The first-order chi connectivity index (χ1) is 3.41. The molecule has 0 bridgehead atoms. The van der Waals surface area contributed by atoms with Gasteiger partial charge in [-0.15, -0.1) is 0 Å². The Morgan fingerprint density at radius 1 is 1.22 bits per heavy atom. The quantitative estimate of drug-likeness (QED) is 0.464. The summed E-state index contributed by atoms with van der Waals surface area (Å²) in [7, 11) is 4.30. The van der Waals surface area contributed by atoms with Crippen LogP contribution in [0.5, 0.6) is 0 Å². The molecule has 1 radical (unpaired) electrons. The number of hydrogen-bond acceptors (Lipinski definition) is 4. The summed E-state index contributed by atoms with van der Waals surface area (Å²) >= 11 is 0.382. The van der Waals surface area contributed by atoms with Gasteiger partial charge in [0.05, 0.1) is 0 Å². The van der Waals surface area contributed by atoms with E-state index in [0.717, 1.165) is 0 Å². The fourth-order valence-corrected chi connectivity index (χ4v) is 0. The maximum Gasteiger partial charge on any atom is 2.00 e. The van der Waals surface area contributed by atoms with Crippen LogP contribution in [0, 0.1) is 0 Å². The van der Waals surface area contributed by atoms with Crippen molar-refractivity contribution in [2.45, 2.75) is 0 Å². The zero-order chi connectivity index (χ0) is 7.21. The van der Waals surface area contributed by atoms with Gasteiger partial charge >= 0.3 is 50.0 Å². The summed E-state index contributed by atoms with van der Waals surface area (Å²) in [4.78, 5) is 0. The van der Waals surface area contributed by atoms with Gasteiger partial charge in [-0.3, -0.25) is 8.42 Å². The standard InChI is InChI=1S/2ClH.2Co.H2O4S/c;;;;1-5(2,3)4/h2*1H;;;(H2,1,2,3,4)/q;;2*+2;/p-4. The van der Waals surface area contributed by atoms with Gasteiger partial charge in [-0.2, -0.15) is 0 Å². The van der Waals surface area contributed by atoms with Crippen molar-refractivity contribution in [1.82, 2.24) is 0 Å². The molecule has 4 nitrogen and oxygen atoms in total. The number of hydrogen-bond donors (Lipinski definition) is 0. The summed E-state index contributed by atoms with van der Waals surface area (Å²) < 4.78 is 34.1. The predicted molar refractivity (Wildman–Crippen MR) is 22.2 cm³/mol. The van der Waals surface area contributed by atoms with Crippen LogP contribution in [0.2, 0.25) is 0 Å². The van der Waals surface area contributed by atoms with E-state index < -0.39 is 10.4 Å². The second kappa shape index (κ2) is 9.46. The molecule has 0 unspecified atom stereocenters. The van der Waals surface area contributed by atoms with E-state index >= 15 is 0 Å². The average molecular weight is 285 g/mol. The topological polar surface area (TPSA) is 80.3 Å². The molecule has 0 heterocycles. The summed E-state index contributed by atoms with van der Waals surface area (Å²) in [5.41, 5.74) is 0. The molecule has 0 atom stereocenters. The minimum Gasteiger partial charge on any atom is 2.00 e. The Kier molecular flexibility index (Phi) is 17.7. The Bertz CT molecular complexity index is 111. The predicted octanol–water partition coefficient (Wildman–Crippen LogP) is 0.0360. The van der Waals surface area contributed by atoms with Crippen molar-refractivity contribution in [3.05, 3.63) is 0 Å². The van der Waals surface area contributed by atoms with Crippen LogP contribution in [-0.4, -0.2) is 17.5 Å². The van der Waals surface area contributed by atoms with E-state index in [2.05, 4.69) is 0 Å². The first kappa shape index (κ1) is 16.8. The first-order valence-electron chi connectivity index (χ1n) is 0.919. The van der Waals surface area contributed by atoms with Crippen LogP contribution in [0.1, 0.15) is 0 Å². The molecule has 62 valence electrons. The molecule has 0 saturated carbocycles. The molecule has 0 saturated heterocycles. The van der Waals surface area contributed by atoms with E-state index in [1.165, 1.54) is 0 Å². The Morgan fingerprint density at radius 2 is 1.22 bits per heavy atom. The molecule has 0 aromatic rings. The van der Waals surface area contributed by atoms with Crippen LogP contribution < -0.4 is 0 Å². The molecule has 0 spiro atoms. The Morgan fingerprint density at radius 3 is 1.22 bits per heavy atom. The molecule has 0 aromatic heterocycles. The third-order valence-corrected chi connectivity index (χ3v) is 0. The summed E-state index contributed by atoms with van der Waals surface area (Å²) in [5.74, 6) is 0. The fraction of sp³-hybridized carbons (Fsp3) is 0. The monoisotopic (exact) mass is 284 g/mol. The molecule has 0 aliphatic rings. The van der Waals surface area contributed by atoms with Gasteiger partial charge in [-0.25, -0.2) is 0 Å². The zero-order valence-corrected chi connectivity index (χ0v) is 7.87. The molecule has 9 heavy (non-hydrogen) atoms. The van der Waals surface area contributed by atoms with E-state index in [0.29, 0.717) is 12.9 Å². The minimum atomic E-state index is -5.17. The van der Waals surface area contributed by atoms with Crippen molar-refractivity contribution in [1.29, 1.82) is 0 Å². The smallest absolute Gasteiger partial charge is 2.00 e. The van der Waals surface area contributed by atoms with Gasteiger partial charge in [0.1, 0.15) is 0 Å². The third-order valence-electron chi connectivity index (χ3n) is 0. The maximum atomic E-state index is 8.52. The van der Waals surface area contributed by atoms with E-state index in [9.17, 15) is 0 Å². The molecule has 0 amide bonds. The normalized spacial score (nSPS) is 8.89. The molecule has 0 aliphatic heterocycles. The molecule has 0 N–H and O–H groups in total. The van der Waals surface area contributed by atoms with E-state index in [1.54, 1.807) is 0 Å². The maximum absolute atomic E-state index is 8.52. The summed E-state index contributed by atoms with van der Waals surface area (Å²) in [6.45, 7) is 0. The molecule has 0 aliphatic carbocycles. The van der Waals surface area contributed by atoms with Gasteiger partial charge in [-0.1, -0.05) is 0 Å². The Labute approximate surface area is 77.5 Å². The van der Waals surface area contributed by atoms with Crippen LogP contribution >= 0.6 is 20.3 Å². The first-order valence-corrected chi connectivity index (χ1v) is 5.12. The van der Waals surface area contributed by atoms with Gasteiger partial charge in [0.2, 0.25) is 0 Å². The number of halogens is 2. The van der Waals surface area contributed by atoms with E-state index in [1.807, 2.05) is 0 Å². The summed E-state index contributed by atoms with van der Waals surface area (Å²) in [5, 5.41) is 0. The molecule has 0 fully saturated rings. The summed E-state index contributed by atoms with van der Waals surface area (Å²) in [6.07, 6.45) is 0. The molecule has 9 heteroatoms. The van der Waals surface area contributed by atoms with E-state index in [4.69, 9.17) is 37.8 Å². The van der Waals surface area contributed by atoms with Gasteiger partial charge in [-0.05, 0) is 0 Å². The van der Waals surface area contributed by atoms with Crippen molar-refractivity contribution in [2.24, 2.45) is 0 Å². The van der Waals surface area contributed by atoms with Crippen molar-refractivity contribution in [3.63, 3.8) is 0 Å². The van der Waals surface area contributed by atoms with Crippen molar-refractivity contribution < 1.29 is 47.2 Å². The molecule has 0 aromatic carbocycles. The van der Waals surface area contributed by atoms with E-state index in [-0.39, 0.29) is 16.8 Å². The SMILES string of the molecule is O=S(=O)([O-])[O-].[Cl][Co][Cl].[Co+2]. The zero-order valence-electron chi connectivity index (χ0n) is 3.46. The van der Waals surface area contributed by atoms with Crippen LogP contribution in [0.15, 0.2) is 0 Å². The number of rotatable bonds is 0. The summed E-state index contributed by atoms with van der Waals surface area (Å²) in [6, 6.07) is 0. The van der Waals surface area contributed by atoms with Crippen LogP contribution in [0.3, 0.4) is 0 Å². The Hall–Kier alpha value is 1.46. The van der Waals surface area contributed by atoms with Crippen LogP contribution in [0.25, 0.3) is 0 Å². The third kappa shape index (κ3) is 246. The van der Waals surface area contributed by atoms with Crippen LogP contribution in [0.4, 0.5) is 0 Å². The van der Waals surface area contributed by atoms with Gasteiger partial charge < -0.3 is 9.11 Å². The van der Waals surface area contributed by atoms with Crippen molar-refractivity contribution in [2.75, 3.05) is 0 Å². The minimum absolute atomic E-state index is 0. The van der Waals surface area contributed by atoms with Gasteiger partial charge in [0.25, 0.3) is 0 Å². The Balaban J connectivity index is -0.0000000800. The molecular weight excluding hydrogens is 285 g/mol. The average Bonchev–Trinajstić information content (AvgIpc) is 1.27. The molecular formula is Cl2Co2O4S. The second-order valence-electron chi connectivity index (χ2n) is 0.456. The van der Waals surface area contributed by atoms with Crippen molar-refractivity contribution >= 4 is 30.7 Å².